The molecular weight excluding hydrogens is 889 g/mol. The van der Waals surface area contributed by atoms with E-state index in [-0.39, 0.29) is 26.1 Å². The minimum absolute atomic E-state index is 0.174. The van der Waals surface area contributed by atoms with Crippen molar-refractivity contribution in [3.8, 4) is 0 Å². The summed E-state index contributed by atoms with van der Waals surface area (Å²) in [6.07, 6.45) is 24.1. The predicted octanol–water partition coefficient (Wildman–Crippen LogP) is 8.78. The summed E-state index contributed by atoms with van der Waals surface area (Å²) in [5.41, 5.74) is 0. The molecule has 4 unspecified atom stereocenters. The van der Waals surface area contributed by atoms with Crippen molar-refractivity contribution in [3.05, 3.63) is 0 Å². The van der Waals surface area contributed by atoms with Gasteiger partial charge in [0.2, 0.25) is 0 Å². The van der Waals surface area contributed by atoms with Crippen LogP contribution in [-0.2, 0) is 38.0 Å². The number of hydrogen-bond acceptors (Lipinski definition) is 15. The van der Waals surface area contributed by atoms with Crippen LogP contribution in [-0.4, -0.2) is 142 Å². The molecule has 2 aliphatic heterocycles. The number of ether oxygens (including phenoxy) is 6. The Morgan fingerprint density at radius 3 is 1.13 bits per heavy atom. The second-order valence-electron chi connectivity index (χ2n) is 20.1. The summed E-state index contributed by atoms with van der Waals surface area (Å²) >= 11 is 0. The van der Waals surface area contributed by atoms with Crippen molar-refractivity contribution in [3.63, 3.8) is 0 Å². The van der Waals surface area contributed by atoms with Gasteiger partial charge in [0, 0.05) is 12.8 Å². The molecule has 0 amide bonds. The molecule has 15 nitrogen and oxygen atoms in total. The molecule has 0 aromatic rings. The van der Waals surface area contributed by atoms with E-state index < -0.39 is 92.7 Å². The Hall–Kier alpha value is -1.50. The van der Waals surface area contributed by atoms with Crippen molar-refractivity contribution in [2.24, 2.45) is 0 Å². The topological polar surface area (TPSA) is 231 Å². The van der Waals surface area contributed by atoms with Crippen molar-refractivity contribution >= 4 is 11.9 Å². The number of esters is 2. The Morgan fingerprint density at radius 2 is 0.739 bits per heavy atom. The van der Waals surface area contributed by atoms with Crippen LogP contribution in [0.1, 0.15) is 239 Å². The van der Waals surface area contributed by atoms with Gasteiger partial charge in [0.05, 0.1) is 19.8 Å². The van der Waals surface area contributed by atoms with Crippen LogP contribution < -0.4 is 0 Å². The molecule has 7 N–H and O–H groups in total. The van der Waals surface area contributed by atoms with Gasteiger partial charge < -0.3 is 64.2 Å². The van der Waals surface area contributed by atoms with Crippen LogP contribution in [0.25, 0.3) is 0 Å². The highest BCUT2D eigenvalue weighted by molar-refractivity contribution is 5.70. The van der Waals surface area contributed by atoms with Crippen LogP contribution in [0.4, 0.5) is 0 Å². The fourth-order valence-corrected chi connectivity index (χ4v) is 9.22. The van der Waals surface area contributed by atoms with Gasteiger partial charge in [-0.25, -0.2) is 0 Å². The van der Waals surface area contributed by atoms with Gasteiger partial charge in [-0.3, -0.25) is 9.59 Å². The summed E-state index contributed by atoms with van der Waals surface area (Å²) in [7, 11) is 0. The molecule has 0 radical (unpaired) electrons. The van der Waals surface area contributed by atoms with Crippen molar-refractivity contribution in [1.29, 1.82) is 0 Å². The van der Waals surface area contributed by atoms with E-state index in [9.17, 15) is 45.3 Å². The number of hydrogen-bond donors (Lipinski definition) is 7. The molecule has 69 heavy (non-hydrogen) atoms. The van der Waals surface area contributed by atoms with E-state index in [0.29, 0.717) is 12.8 Å². The summed E-state index contributed by atoms with van der Waals surface area (Å²) in [6, 6.07) is 0. The fraction of sp³-hybridized carbons (Fsp3) is 0.963. The minimum Gasteiger partial charge on any atom is -0.462 e. The standard InChI is InChI=1S/C54H102O15/c1-3-5-7-9-11-13-15-17-18-19-20-21-22-23-25-27-29-31-33-35-37-46(57)67-42(39-64-45(56)36-34-32-30-28-26-24-16-14-12-10-8-6-4-2)40-65-53-52(63)50(61)48(59)44(69-53)41-66-54-51(62)49(60)47(58)43(38-55)68-54/h42-44,47-55,58-63H,3-41H2,1-2H3/t42-,43+,44+,47-,48-,49?,50?,51?,52?,53+,54+/m1/s1. The molecule has 0 aromatic heterocycles. The molecule has 2 saturated heterocycles. The summed E-state index contributed by atoms with van der Waals surface area (Å²) in [6.45, 7) is 2.64. The smallest absolute Gasteiger partial charge is 0.306 e. The number of unbranched alkanes of at least 4 members (excludes halogenated alkanes) is 31. The number of rotatable bonds is 45. The van der Waals surface area contributed by atoms with E-state index in [1.807, 2.05) is 0 Å². The summed E-state index contributed by atoms with van der Waals surface area (Å²) in [4.78, 5) is 25.8. The molecule has 2 aliphatic rings. The molecule has 11 atom stereocenters. The lowest BCUT2D eigenvalue weighted by molar-refractivity contribution is -0.332. The summed E-state index contributed by atoms with van der Waals surface area (Å²) in [5.74, 6) is -0.906. The zero-order valence-electron chi connectivity index (χ0n) is 43.3. The average molecular weight is 991 g/mol. The largest absolute Gasteiger partial charge is 0.462 e. The van der Waals surface area contributed by atoms with Crippen LogP contribution in [0.3, 0.4) is 0 Å². The third kappa shape index (κ3) is 29.7. The quantitative estimate of drug-likeness (QED) is 0.0223. The van der Waals surface area contributed by atoms with Gasteiger partial charge in [-0.05, 0) is 12.8 Å². The first-order valence-electron chi connectivity index (χ1n) is 28.1. The van der Waals surface area contributed by atoms with Gasteiger partial charge in [0.1, 0.15) is 55.4 Å². The lowest BCUT2D eigenvalue weighted by Crippen LogP contribution is -2.61. The van der Waals surface area contributed by atoms with Gasteiger partial charge in [-0.2, -0.15) is 0 Å². The lowest BCUT2D eigenvalue weighted by Gasteiger charge is -2.42. The van der Waals surface area contributed by atoms with Crippen LogP contribution in [0.5, 0.6) is 0 Å². The van der Waals surface area contributed by atoms with E-state index in [1.165, 1.54) is 161 Å². The zero-order chi connectivity index (χ0) is 50.3. The highest BCUT2D eigenvalue weighted by Crippen LogP contribution is 2.27. The SMILES string of the molecule is CCCCCCCCCCCCCCCCCCCCCCC(=O)O[C@H](COC(=O)CCCCCCCCCCCCCCC)CO[C@H]1O[C@@H](CO[C@H]2O[C@@H](CO)[C@@H](O)C(O)C2O)[C@@H](O)C(O)C1O. The number of aliphatic hydroxyl groups excluding tert-OH is 7. The normalized spacial score (nSPS) is 25.5. The maximum Gasteiger partial charge on any atom is 0.306 e. The van der Waals surface area contributed by atoms with Crippen LogP contribution >= 0.6 is 0 Å². The second kappa shape index (κ2) is 41.9. The molecule has 0 bridgehead atoms. The average Bonchev–Trinajstić information content (AvgIpc) is 3.34. The van der Waals surface area contributed by atoms with Gasteiger partial charge in [-0.15, -0.1) is 0 Å². The number of carbonyl (C=O) groups excluding carboxylic acids is 2. The first kappa shape index (κ1) is 63.6. The molecule has 15 heteroatoms. The molecule has 0 aromatic carbocycles. The van der Waals surface area contributed by atoms with Gasteiger partial charge in [0.25, 0.3) is 0 Å². The first-order chi connectivity index (χ1) is 33.5. The van der Waals surface area contributed by atoms with E-state index in [0.717, 1.165) is 38.5 Å². The van der Waals surface area contributed by atoms with Gasteiger partial charge in [-0.1, -0.05) is 213 Å². The van der Waals surface area contributed by atoms with Crippen molar-refractivity contribution in [2.45, 2.75) is 306 Å². The Balaban J connectivity index is 1.75. The molecule has 0 aliphatic carbocycles. The van der Waals surface area contributed by atoms with E-state index in [1.54, 1.807) is 0 Å². The molecular formula is C54H102O15. The van der Waals surface area contributed by atoms with Crippen LogP contribution in [0, 0.1) is 0 Å². The van der Waals surface area contributed by atoms with Gasteiger partial charge in [0.15, 0.2) is 18.7 Å². The first-order valence-corrected chi connectivity index (χ1v) is 28.1. The fourth-order valence-electron chi connectivity index (χ4n) is 9.22. The highest BCUT2D eigenvalue weighted by atomic mass is 16.7. The Bertz CT molecular complexity index is 1210. The van der Waals surface area contributed by atoms with Crippen molar-refractivity contribution in [1.82, 2.24) is 0 Å². The molecule has 2 heterocycles. The molecule has 2 fully saturated rings. The molecule has 0 saturated carbocycles. The number of aliphatic hydroxyl groups is 7. The lowest BCUT2D eigenvalue weighted by atomic mass is 9.98. The maximum absolute atomic E-state index is 13.0. The third-order valence-corrected chi connectivity index (χ3v) is 13.8. The molecule has 408 valence electrons. The van der Waals surface area contributed by atoms with Gasteiger partial charge >= 0.3 is 11.9 Å². The third-order valence-electron chi connectivity index (χ3n) is 13.8. The highest BCUT2D eigenvalue weighted by Gasteiger charge is 2.47. The second-order valence-corrected chi connectivity index (χ2v) is 20.1. The summed E-state index contributed by atoms with van der Waals surface area (Å²) < 4.78 is 33.7. The van der Waals surface area contributed by atoms with Crippen molar-refractivity contribution < 1.29 is 73.8 Å². The molecule has 0 spiro atoms. The number of carbonyl (C=O) groups is 2. The van der Waals surface area contributed by atoms with E-state index in [2.05, 4.69) is 13.8 Å². The van der Waals surface area contributed by atoms with E-state index in [4.69, 9.17) is 28.4 Å². The Labute approximate surface area is 417 Å². The predicted molar refractivity (Wildman–Crippen MR) is 266 cm³/mol. The maximum atomic E-state index is 13.0. The zero-order valence-corrected chi connectivity index (χ0v) is 43.3. The minimum atomic E-state index is -1.76. The molecule has 2 rings (SSSR count). The summed E-state index contributed by atoms with van der Waals surface area (Å²) in [5, 5.41) is 72.2. The Morgan fingerprint density at radius 1 is 0.406 bits per heavy atom. The van der Waals surface area contributed by atoms with Crippen LogP contribution in [0.15, 0.2) is 0 Å². The Kier molecular flexibility index (Phi) is 38.6. The van der Waals surface area contributed by atoms with Crippen LogP contribution in [0.2, 0.25) is 0 Å². The van der Waals surface area contributed by atoms with E-state index >= 15 is 0 Å². The van der Waals surface area contributed by atoms with Crippen molar-refractivity contribution in [2.75, 3.05) is 26.4 Å². The monoisotopic (exact) mass is 991 g/mol.